The molecule has 0 radical (unpaired) electrons. The number of nitrogens with zero attached hydrogens (tertiary/aromatic N) is 1. The van der Waals surface area contributed by atoms with Crippen molar-refractivity contribution in [3.8, 4) is 22.3 Å². The van der Waals surface area contributed by atoms with Crippen molar-refractivity contribution in [3.05, 3.63) is 94.0 Å². The van der Waals surface area contributed by atoms with E-state index < -0.39 is 0 Å². The Morgan fingerprint density at radius 2 is 0.812 bits per heavy atom. The minimum Gasteiger partial charge on any atom is -0.344 e. The Morgan fingerprint density at radius 1 is 0.469 bits per heavy atom. The molecule has 1 heterocycles. The number of hydrogen-bond donors (Lipinski definition) is 0. The quantitative estimate of drug-likeness (QED) is 0.271. The largest absolute Gasteiger partial charge is 0.344 e. The number of benzene rings is 4. The highest BCUT2D eigenvalue weighted by atomic mass is 14.9. The number of fused-ring (bicyclic) bond motifs is 3. The molecular formula is C31H31N. The monoisotopic (exact) mass is 417 g/mol. The fraction of sp³-hybridized carbons (Fsp3) is 0.226. The summed E-state index contributed by atoms with van der Waals surface area (Å²) >= 11 is 0. The molecule has 0 bridgehead atoms. The van der Waals surface area contributed by atoms with Gasteiger partial charge in [-0.05, 0) is 110 Å². The predicted molar refractivity (Wildman–Crippen MR) is 140 cm³/mol. The minimum absolute atomic E-state index is 1.28. The first-order valence-electron chi connectivity index (χ1n) is 11.4. The maximum absolute atomic E-state index is 2.39. The molecule has 1 aromatic heterocycles. The van der Waals surface area contributed by atoms with Crippen molar-refractivity contribution in [1.29, 1.82) is 0 Å². The van der Waals surface area contributed by atoms with Crippen LogP contribution in [-0.2, 0) is 7.05 Å². The average Bonchev–Trinajstić information content (AvgIpc) is 2.98. The predicted octanol–water partition coefficient (Wildman–Crippen LogP) is 8.52. The van der Waals surface area contributed by atoms with Crippen LogP contribution in [0.4, 0.5) is 0 Å². The van der Waals surface area contributed by atoms with Gasteiger partial charge in [0, 0.05) is 28.9 Å². The molecule has 0 amide bonds. The topological polar surface area (TPSA) is 4.93 Å². The van der Waals surface area contributed by atoms with Crippen LogP contribution in [0.5, 0.6) is 0 Å². The van der Waals surface area contributed by atoms with Gasteiger partial charge >= 0.3 is 0 Å². The average molecular weight is 418 g/mol. The summed E-state index contributed by atoms with van der Waals surface area (Å²) in [5, 5.41) is 2.65. The SMILES string of the molecule is Cc1cc(C)c(-c2ccc3c(c2)c2cc(-c4c(C)cc(C)cc4C)ccc2n3C)c(C)c1. The lowest BCUT2D eigenvalue weighted by Gasteiger charge is -2.13. The van der Waals surface area contributed by atoms with E-state index in [9.17, 15) is 0 Å². The summed E-state index contributed by atoms with van der Waals surface area (Å²) in [7, 11) is 2.18. The molecule has 0 atom stereocenters. The molecule has 0 aliphatic rings. The number of rotatable bonds is 2. The first kappa shape index (κ1) is 20.6. The highest BCUT2D eigenvalue weighted by Gasteiger charge is 2.14. The zero-order chi connectivity index (χ0) is 22.7. The fourth-order valence-electron chi connectivity index (χ4n) is 5.80. The standard InChI is InChI=1S/C31H31N/c1-18-12-20(3)30(21(4)13-18)24-8-10-28-26(16-24)27-17-25(9-11-29(27)32(28)7)31-22(5)14-19(2)15-23(31)6/h8-17H,1-7H3. The van der Waals surface area contributed by atoms with E-state index in [4.69, 9.17) is 0 Å². The van der Waals surface area contributed by atoms with E-state index in [1.54, 1.807) is 0 Å². The summed E-state index contributed by atoms with van der Waals surface area (Å²) < 4.78 is 2.32. The fourth-order valence-corrected chi connectivity index (χ4v) is 5.80. The first-order valence-corrected chi connectivity index (χ1v) is 11.4. The van der Waals surface area contributed by atoms with Gasteiger partial charge in [0.2, 0.25) is 0 Å². The molecule has 32 heavy (non-hydrogen) atoms. The lowest BCUT2D eigenvalue weighted by Crippen LogP contribution is -1.91. The number of hydrogen-bond acceptors (Lipinski definition) is 0. The Labute approximate surface area is 191 Å². The Kier molecular flexibility index (Phi) is 4.74. The zero-order valence-corrected chi connectivity index (χ0v) is 20.2. The Morgan fingerprint density at radius 3 is 1.16 bits per heavy atom. The molecule has 0 spiro atoms. The molecule has 0 unspecified atom stereocenters. The van der Waals surface area contributed by atoms with Gasteiger partial charge in [0.1, 0.15) is 0 Å². The van der Waals surface area contributed by atoms with E-state index in [0.717, 1.165) is 0 Å². The Bertz CT molecular complexity index is 1370. The molecule has 0 N–H and O–H groups in total. The molecule has 0 saturated heterocycles. The molecule has 5 aromatic rings. The van der Waals surface area contributed by atoms with Crippen molar-refractivity contribution in [2.45, 2.75) is 41.5 Å². The lowest BCUT2D eigenvalue weighted by molar-refractivity contribution is 1.01. The molecule has 0 fully saturated rings. The van der Waals surface area contributed by atoms with Crippen LogP contribution in [0.15, 0.2) is 60.7 Å². The van der Waals surface area contributed by atoms with Gasteiger partial charge in [0.25, 0.3) is 0 Å². The van der Waals surface area contributed by atoms with E-state index in [1.807, 2.05) is 0 Å². The highest BCUT2D eigenvalue weighted by molar-refractivity contribution is 6.10. The summed E-state index contributed by atoms with van der Waals surface area (Å²) in [4.78, 5) is 0. The molecule has 1 heteroatoms. The van der Waals surface area contributed by atoms with Crippen LogP contribution >= 0.6 is 0 Å². The van der Waals surface area contributed by atoms with Crippen LogP contribution < -0.4 is 0 Å². The second-order valence-corrected chi connectivity index (χ2v) is 9.57. The summed E-state index contributed by atoms with van der Waals surface area (Å²) in [5.41, 5.74) is 15.9. The Hall–Kier alpha value is -3.32. The second kappa shape index (κ2) is 7.38. The van der Waals surface area contributed by atoms with E-state index in [1.165, 1.54) is 77.4 Å². The maximum Gasteiger partial charge on any atom is 0.0489 e. The van der Waals surface area contributed by atoms with Crippen molar-refractivity contribution in [2.75, 3.05) is 0 Å². The molecule has 0 aliphatic carbocycles. The summed E-state index contributed by atoms with van der Waals surface area (Å²) in [6.07, 6.45) is 0. The maximum atomic E-state index is 2.39. The van der Waals surface area contributed by atoms with Gasteiger partial charge in [-0.15, -0.1) is 0 Å². The lowest BCUT2D eigenvalue weighted by atomic mass is 9.91. The first-order chi connectivity index (χ1) is 15.2. The van der Waals surface area contributed by atoms with Gasteiger partial charge in [-0.25, -0.2) is 0 Å². The third-order valence-electron chi connectivity index (χ3n) is 6.94. The van der Waals surface area contributed by atoms with Crippen molar-refractivity contribution < 1.29 is 0 Å². The van der Waals surface area contributed by atoms with Crippen molar-refractivity contribution in [3.63, 3.8) is 0 Å². The van der Waals surface area contributed by atoms with Gasteiger partial charge in [0.05, 0.1) is 0 Å². The van der Waals surface area contributed by atoms with Crippen LogP contribution in [0.3, 0.4) is 0 Å². The molecule has 0 saturated carbocycles. The zero-order valence-electron chi connectivity index (χ0n) is 20.2. The molecule has 160 valence electrons. The van der Waals surface area contributed by atoms with Crippen molar-refractivity contribution in [2.24, 2.45) is 7.05 Å². The van der Waals surface area contributed by atoms with Gasteiger partial charge < -0.3 is 4.57 Å². The summed E-state index contributed by atoms with van der Waals surface area (Å²) in [6.45, 7) is 13.3. The minimum atomic E-state index is 1.28. The van der Waals surface area contributed by atoms with Crippen LogP contribution in [-0.4, -0.2) is 4.57 Å². The smallest absolute Gasteiger partial charge is 0.0489 e. The van der Waals surface area contributed by atoms with Gasteiger partial charge in [-0.3, -0.25) is 0 Å². The third-order valence-corrected chi connectivity index (χ3v) is 6.94. The Balaban J connectivity index is 1.78. The van der Waals surface area contributed by atoms with E-state index in [2.05, 4.69) is 114 Å². The van der Waals surface area contributed by atoms with E-state index in [0.29, 0.717) is 0 Å². The van der Waals surface area contributed by atoms with E-state index >= 15 is 0 Å². The molecule has 1 nitrogen and oxygen atoms in total. The number of aryl methyl sites for hydroxylation is 7. The number of aromatic nitrogens is 1. The molecule has 5 rings (SSSR count). The summed E-state index contributed by atoms with van der Waals surface area (Å²) in [6, 6.07) is 23.1. The van der Waals surface area contributed by atoms with E-state index in [-0.39, 0.29) is 0 Å². The van der Waals surface area contributed by atoms with Gasteiger partial charge in [0.15, 0.2) is 0 Å². The van der Waals surface area contributed by atoms with Crippen LogP contribution in [0, 0.1) is 41.5 Å². The second-order valence-electron chi connectivity index (χ2n) is 9.57. The van der Waals surface area contributed by atoms with Crippen LogP contribution in [0.2, 0.25) is 0 Å². The van der Waals surface area contributed by atoms with Gasteiger partial charge in [-0.1, -0.05) is 47.5 Å². The third kappa shape index (κ3) is 3.15. The highest BCUT2D eigenvalue weighted by Crippen LogP contribution is 2.37. The van der Waals surface area contributed by atoms with Crippen LogP contribution in [0.25, 0.3) is 44.1 Å². The normalized spacial score (nSPS) is 11.6. The van der Waals surface area contributed by atoms with Crippen LogP contribution in [0.1, 0.15) is 33.4 Å². The summed E-state index contributed by atoms with van der Waals surface area (Å²) in [5.74, 6) is 0. The van der Waals surface area contributed by atoms with Gasteiger partial charge in [-0.2, -0.15) is 0 Å². The van der Waals surface area contributed by atoms with Crippen molar-refractivity contribution in [1.82, 2.24) is 4.57 Å². The molecular weight excluding hydrogens is 386 g/mol. The molecule has 4 aromatic carbocycles. The molecule has 0 aliphatic heterocycles. The van der Waals surface area contributed by atoms with Crippen molar-refractivity contribution >= 4 is 21.8 Å².